The maximum atomic E-state index is 9.31. The van der Waals surface area contributed by atoms with Crippen molar-refractivity contribution in [1.29, 1.82) is 0 Å². The SMILES string of the molecule is COc1ccc(CC[C@H](C)Cc2ccc(O)cc2)cc1OC. The average Bonchev–Trinajstić information content (AvgIpc) is 2.54. The minimum absolute atomic E-state index is 0.321. The summed E-state index contributed by atoms with van der Waals surface area (Å²) in [6.45, 7) is 2.26. The molecule has 0 aliphatic heterocycles. The van der Waals surface area contributed by atoms with Gasteiger partial charge in [-0.15, -0.1) is 0 Å². The topological polar surface area (TPSA) is 38.7 Å². The van der Waals surface area contributed by atoms with E-state index in [1.165, 1.54) is 11.1 Å². The number of hydrogen-bond donors (Lipinski definition) is 1. The first-order valence-corrected chi connectivity index (χ1v) is 7.61. The number of benzene rings is 2. The minimum atomic E-state index is 0.321. The third kappa shape index (κ3) is 4.42. The second-order valence-electron chi connectivity index (χ2n) is 5.70. The molecule has 22 heavy (non-hydrogen) atoms. The van der Waals surface area contributed by atoms with Gasteiger partial charge in [-0.1, -0.05) is 25.1 Å². The second kappa shape index (κ2) is 7.74. The van der Waals surface area contributed by atoms with Crippen molar-refractivity contribution in [1.82, 2.24) is 0 Å². The number of methoxy groups -OCH3 is 2. The number of phenolic OH excluding ortho intramolecular Hbond substituents is 1. The zero-order chi connectivity index (χ0) is 15.9. The summed E-state index contributed by atoms with van der Waals surface area (Å²) in [4.78, 5) is 0. The van der Waals surface area contributed by atoms with Crippen molar-refractivity contribution in [2.75, 3.05) is 14.2 Å². The molecule has 0 fully saturated rings. The van der Waals surface area contributed by atoms with Gasteiger partial charge >= 0.3 is 0 Å². The molecule has 0 amide bonds. The van der Waals surface area contributed by atoms with E-state index in [1.807, 2.05) is 24.3 Å². The summed E-state index contributed by atoms with van der Waals surface area (Å²) in [6, 6.07) is 13.6. The van der Waals surface area contributed by atoms with Crippen molar-refractivity contribution in [2.45, 2.75) is 26.2 Å². The maximum absolute atomic E-state index is 9.31. The van der Waals surface area contributed by atoms with Gasteiger partial charge in [0.15, 0.2) is 11.5 Å². The van der Waals surface area contributed by atoms with Crippen LogP contribution in [0.2, 0.25) is 0 Å². The first-order chi connectivity index (χ1) is 10.6. The van der Waals surface area contributed by atoms with E-state index in [1.54, 1.807) is 26.4 Å². The Labute approximate surface area is 132 Å². The van der Waals surface area contributed by atoms with E-state index in [4.69, 9.17) is 9.47 Å². The van der Waals surface area contributed by atoms with E-state index < -0.39 is 0 Å². The molecule has 2 aromatic rings. The second-order valence-corrected chi connectivity index (χ2v) is 5.70. The van der Waals surface area contributed by atoms with E-state index in [-0.39, 0.29) is 0 Å². The van der Waals surface area contributed by atoms with Crippen LogP contribution in [0.4, 0.5) is 0 Å². The fourth-order valence-corrected chi connectivity index (χ4v) is 2.59. The van der Waals surface area contributed by atoms with Gasteiger partial charge in [-0.05, 0) is 60.6 Å². The third-order valence-electron chi connectivity index (χ3n) is 3.89. The molecule has 0 radical (unpaired) electrons. The minimum Gasteiger partial charge on any atom is -0.508 e. The Morgan fingerprint density at radius 3 is 2.18 bits per heavy atom. The molecule has 0 spiro atoms. The predicted octanol–water partition coefficient (Wildman–Crippen LogP) is 4.22. The lowest BCUT2D eigenvalue weighted by Gasteiger charge is -2.13. The van der Waals surface area contributed by atoms with Gasteiger partial charge < -0.3 is 14.6 Å². The van der Waals surface area contributed by atoms with Gasteiger partial charge in [0.1, 0.15) is 5.75 Å². The number of phenols is 1. The molecule has 0 unspecified atom stereocenters. The van der Waals surface area contributed by atoms with Crippen LogP contribution >= 0.6 is 0 Å². The zero-order valence-electron chi connectivity index (χ0n) is 13.5. The molecule has 0 saturated carbocycles. The summed E-state index contributed by atoms with van der Waals surface area (Å²) in [7, 11) is 3.31. The summed E-state index contributed by atoms with van der Waals surface area (Å²) < 4.78 is 10.6. The highest BCUT2D eigenvalue weighted by atomic mass is 16.5. The monoisotopic (exact) mass is 300 g/mol. The molecule has 2 aromatic carbocycles. The molecule has 1 N–H and O–H groups in total. The maximum Gasteiger partial charge on any atom is 0.160 e. The molecule has 3 heteroatoms. The molecule has 0 aliphatic carbocycles. The van der Waals surface area contributed by atoms with Gasteiger partial charge in [-0.2, -0.15) is 0 Å². The number of ether oxygens (including phenoxy) is 2. The Morgan fingerprint density at radius 1 is 0.909 bits per heavy atom. The molecule has 1 atom stereocenters. The lowest BCUT2D eigenvalue weighted by molar-refractivity contribution is 0.354. The van der Waals surface area contributed by atoms with Crippen molar-refractivity contribution < 1.29 is 14.6 Å². The van der Waals surface area contributed by atoms with E-state index in [9.17, 15) is 5.11 Å². The zero-order valence-corrected chi connectivity index (χ0v) is 13.5. The smallest absolute Gasteiger partial charge is 0.160 e. The standard InChI is InChI=1S/C19H24O3/c1-14(12-15-6-9-17(20)10-7-15)4-5-16-8-11-18(21-2)19(13-16)22-3/h6-11,13-14,20H,4-5,12H2,1-3H3/t14-/m0/s1. The van der Waals surface area contributed by atoms with Crippen LogP contribution in [-0.4, -0.2) is 19.3 Å². The van der Waals surface area contributed by atoms with Gasteiger partial charge in [0.25, 0.3) is 0 Å². The fraction of sp³-hybridized carbons (Fsp3) is 0.368. The Bertz CT molecular complexity index is 590. The summed E-state index contributed by atoms with van der Waals surface area (Å²) in [5.74, 6) is 2.45. The molecular formula is C19H24O3. The predicted molar refractivity (Wildman–Crippen MR) is 88.8 cm³/mol. The van der Waals surface area contributed by atoms with Gasteiger partial charge in [0.05, 0.1) is 14.2 Å². The average molecular weight is 300 g/mol. The van der Waals surface area contributed by atoms with Crippen molar-refractivity contribution in [3.8, 4) is 17.2 Å². The highest BCUT2D eigenvalue weighted by molar-refractivity contribution is 5.42. The lowest BCUT2D eigenvalue weighted by atomic mass is 9.94. The Morgan fingerprint density at radius 2 is 1.55 bits per heavy atom. The van der Waals surface area contributed by atoms with E-state index >= 15 is 0 Å². The molecule has 0 aromatic heterocycles. The normalized spacial score (nSPS) is 12.0. The first kappa shape index (κ1) is 16.2. The van der Waals surface area contributed by atoms with Gasteiger partial charge in [-0.3, -0.25) is 0 Å². The van der Waals surface area contributed by atoms with Crippen LogP contribution in [0.1, 0.15) is 24.5 Å². The third-order valence-corrected chi connectivity index (χ3v) is 3.89. The number of aromatic hydroxyl groups is 1. The summed E-state index contributed by atoms with van der Waals surface area (Å²) in [5, 5.41) is 9.31. The van der Waals surface area contributed by atoms with Crippen LogP contribution in [0, 0.1) is 5.92 Å². The molecule has 0 bridgehead atoms. The van der Waals surface area contributed by atoms with Crippen molar-refractivity contribution in [2.24, 2.45) is 5.92 Å². The van der Waals surface area contributed by atoms with Crippen molar-refractivity contribution in [3.63, 3.8) is 0 Å². The van der Waals surface area contributed by atoms with Crippen LogP contribution in [0.25, 0.3) is 0 Å². The summed E-state index contributed by atoms with van der Waals surface area (Å²) in [6.07, 6.45) is 3.14. The van der Waals surface area contributed by atoms with Gasteiger partial charge in [0, 0.05) is 0 Å². The summed E-state index contributed by atoms with van der Waals surface area (Å²) in [5.41, 5.74) is 2.52. The Balaban J connectivity index is 1.90. The quantitative estimate of drug-likeness (QED) is 0.832. The number of aryl methyl sites for hydroxylation is 1. The van der Waals surface area contributed by atoms with Crippen LogP contribution < -0.4 is 9.47 Å². The van der Waals surface area contributed by atoms with E-state index in [2.05, 4.69) is 13.0 Å². The lowest BCUT2D eigenvalue weighted by Crippen LogP contribution is -2.02. The Kier molecular flexibility index (Phi) is 5.70. The number of rotatable bonds is 7. The van der Waals surface area contributed by atoms with Crippen molar-refractivity contribution in [3.05, 3.63) is 53.6 Å². The number of hydrogen-bond acceptors (Lipinski definition) is 3. The van der Waals surface area contributed by atoms with Crippen molar-refractivity contribution >= 4 is 0 Å². The summed E-state index contributed by atoms with van der Waals surface area (Å²) >= 11 is 0. The first-order valence-electron chi connectivity index (χ1n) is 7.61. The molecular weight excluding hydrogens is 276 g/mol. The molecule has 3 nitrogen and oxygen atoms in total. The van der Waals surface area contributed by atoms with Crippen LogP contribution in [0.15, 0.2) is 42.5 Å². The highest BCUT2D eigenvalue weighted by Gasteiger charge is 2.08. The largest absolute Gasteiger partial charge is 0.508 e. The Hall–Kier alpha value is -2.16. The van der Waals surface area contributed by atoms with Gasteiger partial charge in [0.2, 0.25) is 0 Å². The molecule has 0 saturated heterocycles. The highest BCUT2D eigenvalue weighted by Crippen LogP contribution is 2.28. The van der Waals surface area contributed by atoms with Crippen LogP contribution in [0.3, 0.4) is 0 Å². The molecule has 0 aliphatic rings. The van der Waals surface area contributed by atoms with E-state index in [0.717, 1.165) is 30.8 Å². The van der Waals surface area contributed by atoms with E-state index in [0.29, 0.717) is 11.7 Å². The van der Waals surface area contributed by atoms with Gasteiger partial charge in [-0.25, -0.2) is 0 Å². The van der Waals surface area contributed by atoms with Crippen LogP contribution in [0.5, 0.6) is 17.2 Å². The molecule has 2 rings (SSSR count). The fourth-order valence-electron chi connectivity index (χ4n) is 2.59. The van der Waals surface area contributed by atoms with Crippen LogP contribution in [-0.2, 0) is 12.8 Å². The molecule has 0 heterocycles. The molecule has 118 valence electrons.